The van der Waals surface area contributed by atoms with Crippen molar-refractivity contribution in [3.63, 3.8) is 0 Å². The summed E-state index contributed by atoms with van der Waals surface area (Å²) in [6.07, 6.45) is 5.58. The molecule has 3 aromatic carbocycles. The first-order valence-corrected chi connectivity index (χ1v) is 13.1. The van der Waals surface area contributed by atoms with E-state index >= 15 is 0 Å². The van der Waals surface area contributed by atoms with E-state index in [1.54, 1.807) is 18.2 Å². The molecular formula is C29H22Cl2FN7. The minimum absolute atomic E-state index is 0.324. The van der Waals surface area contributed by atoms with Gasteiger partial charge in [0, 0.05) is 28.0 Å². The third kappa shape index (κ3) is 4.99. The topological polar surface area (TPSA) is 91.5 Å². The molecule has 1 saturated carbocycles. The van der Waals surface area contributed by atoms with Gasteiger partial charge in [0.15, 0.2) is 0 Å². The number of nitrogens with one attached hydrogen (secondary N) is 2. The van der Waals surface area contributed by atoms with E-state index in [4.69, 9.17) is 23.2 Å². The van der Waals surface area contributed by atoms with Crippen LogP contribution < -0.4 is 10.6 Å². The molecule has 1 aliphatic carbocycles. The lowest BCUT2D eigenvalue weighted by molar-refractivity contribution is 0.610. The average Bonchev–Trinajstić information content (AvgIpc) is 3.67. The fourth-order valence-corrected chi connectivity index (χ4v) is 4.97. The van der Waals surface area contributed by atoms with Crippen LogP contribution in [0.5, 0.6) is 0 Å². The fraction of sp³-hybridized carbons (Fsp3) is 0.172. The summed E-state index contributed by atoms with van der Waals surface area (Å²) >= 11 is 13.1. The molecule has 0 radical (unpaired) electrons. The molecule has 2 N–H and O–H groups in total. The molecular weight excluding hydrogens is 536 g/mol. The van der Waals surface area contributed by atoms with Crippen molar-refractivity contribution >= 4 is 51.2 Å². The Bertz CT molecular complexity index is 1740. The Morgan fingerprint density at radius 3 is 2.64 bits per heavy atom. The minimum Gasteiger partial charge on any atom is -0.373 e. The van der Waals surface area contributed by atoms with Gasteiger partial charge in [-0.1, -0.05) is 46.6 Å². The Kier molecular flexibility index (Phi) is 6.55. The number of benzene rings is 3. The number of anilines is 3. The van der Waals surface area contributed by atoms with Crippen LogP contribution >= 0.6 is 23.2 Å². The molecule has 0 amide bonds. The van der Waals surface area contributed by atoms with Crippen LogP contribution in [-0.4, -0.2) is 20.0 Å². The summed E-state index contributed by atoms with van der Waals surface area (Å²) in [5.74, 6) is -0.324. The van der Waals surface area contributed by atoms with E-state index in [1.165, 1.54) is 18.3 Å². The molecule has 10 heteroatoms. The molecule has 1 aliphatic rings. The second-order valence-electron chi connectivity index (χ2n) is 9.53. The number of nitriles is 1. The van der Waals surface area contributed by atoms with Gasteiger partial charge in [0.05, 0.1) is 40.1 Å². The van der Waals surface area contributed by atoms with Gasteiger partial charge in [0.2, 0.25) is 0 Å². The van der Waals surface area contributed by atoms with Crippen molar-refractivity contribution in [3.8, 4) is 6.07 Å². The lowest BCUT2D eigenvalue weighted by atomic mass is 10.0. The largest absolute Gasteiger partial charge is 0.373 e. The summed E-state index contributed by atoms with van der Waals surface area (Å²) in [5, 5.41) is 27.2. The maximum absolute atomic E-state index is 13.8. The molecule has 0 bridgehead atoms. The van der Waals surface area contributed by atoms with Crippen molar-refractivity contribution in [2.75, 3.05) is 10.6 Å². The molecule has 0 saturated heterocycles. The molecule has 6 rings (SSSR count). The zero-order valence-electron chi connectivity index (χ0n) is 20.8. The van der Waals surface area contributed by atoms with Crippen LogP contribution in [0, 0.1) is 24.1 Å². The SMILES string of the molecule is Cc1c(Cl)cccc1Nc1c(C#N)cnc2c(Cl)cc(NC(c3ccc(F)cc3)c3cn(C4CC4)nn3)cc12. The first kappa shape index (κ1) is 25.1. The number of nitrogens with zero attached hydrogens (tertiary/aromatic N) is 5. The zero-order valence-corrected chi connectivity index (χ0v) is 22.3. The monoisotopic (exact) mass is 557 g/mol. The molecule has 2 aromatic heterocycles. The van der Waals surface area contributed by atoms with Crippen LogP contribution in [-0.2, 0) is 0 Å². The summed E-state index contributed by atoms with van der Waals surface area (Å²) in [6.45, 7) is 1.90. The van der Waals surface area contributed by atoms with E-state index in [9.17, 15) is 9.65 Å². The fourth-order valence-electron chi connectivity index (χ4n) is 4.53. The number of hydrogen-bond acceptors (Lipinski definition) is 6. The second-order valence-corrected chi connectivity index (χ2v) is 10.3. The lowest BCUT2D eigenvalue weighted by Crippen LogP contribution is -2.13. The third-order valence-corrected chi connectivity index (χ3v) is 7.53. The summed E-state index contributed by atoms with van der Waals surface area (Å²) in [5.41, 5.74) is 5.26. The summed E-state index contributed by atoms with van der Waals surface area (Å²) in [7, 11) is 0. The van der Waals surface area contributed by atoms with Crippen molar-refractivity contribution in [1.29, 1.82) is 5.26 Å². The number of halogens is 3. The van der Waals surface area contributed by atoms with Crippen molar-refractivity contribution in [2.24, 2.45) is 0 Å². The van der Waals surface area contributed by atoms with Gasteiger partial charge >= 0.3 is 0 Å². The van der Waals surface area contributed by atoms with Crippen molar-refractivity contribution in [2.45, 2.75) is 31.8 Å². The number of fused-ring (bicyclic) bond motifs is 1. The summed E-state index contributed by atoms with van der Waals surface area (Å²) < 4.78 is 15.6. The maximum Gasteiger partial charge on any atom is 0.123 e. The second kappa shape index (κ2) is 10.2. The van der Waals surface area contributed by atoms with Crippen LogP contribution in [0.15, 0.2) is 67.0 Å². The van der Waals surface area contributed by atoms with Crippen LogP contribution in [0.1, 0.15) is 47.3 Å². The van der Waals surface area contributed by atoms with Gasteiger partial charge in [-0.3, -0.25) is 4.98 Å². The molecule has 1 unspecified atom stereocenters. The maximum atomic E-state index is 13.8. The number of rotatable bonds is 7. The zero-order chi connectivity index (χ0) is 27.1. The number of hydrogen-bond donors (Lipinski definition) is 2. The molecule has 5 aromatic rings. The van der Waals surface area contributed by atoms with E-state index in [-0.39, 0.29) is 5.82 Å². The number of aromatic nitrogens is 4. The first-order chi connectivity index (χ1) is 18.9. The van der Waals surface area contributed by atoms with Crippen molar-refractivity contribution in [3.05, 3.63) is 105 Å². The Labute approximate surface area is 234 Å². The minimum atomic E-state index is -0.426. The summed E-state index contributed by atoms with van der Waals surface area (Å²) in [4.78, 5) is 4.45. The standard InChI is InChI=1S/C29H22Cl2FN7/c1-16-23(30)3-2-4-25(16)36-27-18(13-33)14-34-29-22(27)11-20(12-24(29)31)35-28(17-5-7-19(32)8-6-17)26-15-39(38-37-26)21-9-10-21/h2-8,11-12,14-15,21,28,35H,9-10H2,1H3,(H,34,36). The van der Waals surface area contributed by atoms with E-state index < -0.39 is 6.04 Å². The summed E-state index contributed by atoms with van der Waals surface area (Å²) in [6, 6.07) is 17.6. The normalized spacial score (nSPS) is 13.7. The Hall–Kier alpha value is -4.19. The van der Waals surface area contributed by atoms with Gasteiger partial charge in [0.1, 0.15) is 17.6 Å². The highest BCUT2D eigenvalue weighted by molar-refractivity contribution is 6.36. The molecule has 0 spiro atoms. The Morgan fingerprint density at radius 2 is 1.90 bits per heavy atom. The third-order valence-electron chi connectivity index (χ3n) is 6.83. The molecule has 2 heterocycles. The van der Waals surface area contributed by atoms with Gasteiger partial charge in [-0.25, -0.2) is 9.07 Å². The average molecular weight is 558 g/mol. The molecule has 1 fully saturated rings. The molecule has 0 aliphatic heterocycles. The lowest BCUT2D eigenvalue weighted by Gasteiger charge is -2.20. The number of pyridine rings is 1. The van der Waals surface area contributed by atoms with E-state index in [0.29, 0.717) is 49.6 Å². The quantitative estimate of drug-likeness (QED) is 0.212. The highest BCUT2D eigenvalue weighted by Gasteiger charge is 2.27. The van der Waals surface area contributed by atoms with Gasteiger partial charge < -0.3 is 10.6 Å². The van der Waals surface area contributed by atoms with Crippen molar-refractivity contribution < 1.29 is 4.39 Å². The molecule has 1 atom stereocenters. The van der Waals surface area contributed by atoms with Gasteiger partial charge in [0.25, 0.3) is 0 Å². The molecule has 39 heavy (non-hydrogen) atoms. The van der Waals surface area contributed by atoms with Gasteiger partial charge in [-0.15, -0.1) is 5.10 Å². The predicted octanol–water partition coefficient (Wildman–Crippen LogP) is 7.73. The predicted molar refractivity (Wildman–Crippen MR) is 151 cm³/mol. The first-order valence-electron chi connectivity index (χ1n) is 12.4. The van der Waals surface area contributed by atoms with E-state index in [2.05, 4.69) is 32.0 Å². The smallest absolute Gasteiger partial charge is 0.123 e. The van der Waals surface area contributed by atoms with Crippen LogP contribution in [0.4, 0.5) is 21.5 Å². The van der Waals surface area contributed by atoms with Gasteiger partial charge in [-0.2, -0.15) is 5.26 Å². The molecule has 194 valence electrons. The van der Waals surface area contributed by atoms with Crippen LogP contribution in [0.2, 0.25) is 10.0 Å². The highest BCUT2D eigenvalue weighted by atomic mass is 35.5. The van der Waals surface area contributed by atoms with E-state index in [1.807, 2.05) is 42.1 Å². The Balaban J connectivity index is 1.45. The molecule has 7 nitrogen and oxygen atoms in total. The van der Waals surface area contributed by atoms with Gasteiger partial charge in [-0.05, 0) is 67.3 Å². The van der Waals surface area contributed by atoms with Crippen LogP contribution in [0.3, 0.4) is 0 Å². The Morgan fingerprint density at radius 1 is 1.10 bits per heavy atom. The van der Waals surface area contributed by atoms with Crippen molar-refractivity contribution in [1.82, 2.24) is 20.0 Å². The highest BCUT2D eigenvalue weighted by Crippen LogP contribution is 2.38. The van der Waals surface area contributed by atoms with E-state index in [0.717, 1.165) is 29.7 Å². The van der Waals surface area contributed by atoms with Crippen LogP contribution in [0.25, 0.3) is 10.9 Å².